The highest BCUT2D eigenvalue weighted by molar-refractivity contribution is 5.01. The van der Waals surface area contributed by atoms with Crippen LogP contribution in [0.4, 0.5) is 0 Å². The molecular weight excluding hydrogens is 238 g/mol. The number of nitrogens with one attached hydrogen (secondary N) is 1. The van der Waals surface area contributed by atoms with Crippen LogP contribution in [-0.2, 0) is 4.74 Å². The van der Waals surface area contributed by atoms with Crippen LogP contribution < -0.4 is 5.32 Å². The zero-order valence-corrected chi connectivity index (χ0v) is 12.7. The fourth-order valence-electron chi connectivity index (χ4n) is 3.47. The molecule has 2 rings (SSSR count). The first-order valence-corrected chi connectivity index (χ1v) is 8.12. The van der Waals surface area contributed by atoms with Crippen molar-refractivity contribution in [3.8, 4) is 0 Å². The molecule has 19 heavy (non-hydrogen) atoms. The van der Waals surface area contributed by atoms with Crippen LogP contribution in [0.25, 0.3) is 0 Å². The molecular formula is C16H31NO2. The van der Waals surface area contributed by atoms with E-state index in [1.807, 2.05) is 0 Å². The van der Waals surface area contributed by atoms with Crippen LogP contribution >= 0.6 is 0 Å². The Labute approximate surface area is 118 Å². The maximum absolute atomic E-state index is 9.83. The van der Waals surface area contributed by atoms with Crippen molar-refractivity contribution in [3.05, 3.63) is 0 Å². The molecule has 112 valence electrons. The van der Waals surface area contributed by atoms with E-state index in [-0.39, 0.29) is 12.1 Å². The number of ether oxygens (including phenoxy) is 1. The predicted molar refractivity (Wildman–Crippen MR) is 78.2 cm³/mol. The van der Waals surface area contributed by atoms with E-state index < -0.39 is 0 Å². The molecule has 2 aliphatic carbocycles. The molecule has 0 aromatic rings. The molecule has 0 aliphatic heterocycles. The summed E-state index contributed by atoms with van der Waals surface area (Å²) in [6, 6.07) is 0.394. The Morgan fingerprint density at radius 1 is 1.16 bits per heavy atom. The molecule has 0 radical (unpaired) electrons. The molecule has 0 bridgehead atoms. The van der Waals surface area contributed by atoms with E-state index in [9.17, 15) is 5.11 Å². The number of aliphatic hydroxyl groups is 1. The zero-order valence-electron chi connectivity index (χ0n) is 12.7. The molecule has 3 nitrogen and oxygen atoms in total. The van der Waals surface area contributed by atoms with Crippen LogP contribution in [0.3, 0.4) is 0 Å². The third kappa shape index (κ3) is 4.44. The van der Waals surface area contributed by atoms with Crippen molar-refractivity contribution in [2.75, 3.05) is 19.8 Å². The predicted octanol–water partition coefficient (Wildman–Crippen LogP) is 2.72. The third-order valence-corrected chi connectivity index (χ3v) is 4.66. The maximum Gasteiger partial charge on any atom is 0.0681 e. The number of aliphatic hydroxyl groups excluding tert-OH is 1. The smallest absolute Gasteiger partial charge is 0.0681 e. The summed E-state index contributed by atoms with van der Waals surface area (Å²) in [5, 5.41) is 13.4. The summed E-state index contributed by atoms with van der Waals surface area (Å²) >= 11 is 0. The molecule has 1 unspecified atom stereocenters. The van der Waals surface area contributed by atoms with E-state index in [2.05, 4.69) is 19.2 Å². The lowest BCUT2D eigenvalue weighted by atomic mass is 9.90. The van der Waals surface area contributed by atoms with Gasteiger partial charge in [0.1, 0.15) is 0 Å². The first-order valence-electron chi connectivity index (χ1n) is 8.12. The second kappa shape index (κ2) is 7.05. The van der Waals surface area contributed by atoms with Gasteiger partial charge in [-0.3, -0.25) is 0 Å². The van der Waals surface area contributed by atoms with Crippen molar-refractivity contribution in [3.63, 3.8) is 0 Å². The van der Waals surface area contributed by atoms with E-state index in [0.717, 1.165) is 12.5 Å². The highest BCUT2D eigenvalue weighted by Gasteiger charge is 2.45. The zero-order chi connectivity index (χ0) is 13.7. The fourth-order valence-corrected chi connectivity index (χ4v) is 3.47. The lowest BCUT2D eigenvalue weighted by Gasteiger charge is -2.36. The summed E-state index contributed by atoms with van der Waals surface area (Å²) in [6.07, 6.45) is 9.24. The number of rotatable bonds is 8. The van der Waals surface area contributed by atoms with Crippen LogP contribution in [0.1, 0.15) is 58.8 Å². The molecule has 2 saturated carbocycles. The minimum Gasteiger partial charge on any atom is -0.394 e. The van der Waals surface area contributed by atoms with Gasteiger partial charge in [-0.2, -0.15) is 0 Å². The van der Waals surface area contributed by atoms with Crippen LogP contribution in [0, 0.1) is 11.8 Å². The molecule has 2 aliphatic rings. The standard InChI is InChI=1S/C16H31NO2/c1-13(2)17-16(11-18,15-8-9-15)12-19-10-14-6-4-3-5-7-14/h13-15,17-18H,3-12H2,1-2H3. The monoisotopic (exact) mass is 269 g/mol. The molecule has 0 heterocycles. The molecule has 1 atom stereocenters. The van der Waals surface area contributed by atoms with Crippen molar-refractivity contribution in [2.45, 2.75) is 70.4 Å². The first-order chi connectivity index (χ1) is 9.16. The van der Waals surface area contributed by atoms with Crippen molar-refractivity contribution in [1.82, 2.24) is 5.32 Å². The van der Waals surface area contributed by atoms with Gasteiger partial charge in [-0.15, -0.1) is 0 Å². The second-order valence-electron chi connectivity index (χ2n) is 6.91. The van der Waals surface area contributed by atoms with Crippen LogP contribution in [0.2, 0.25) is 0 Å². The molecule has 2 N–H and O–H groups in total. The number of hydrogen-bond donors (Lipinski definition) is 2. The van der Waals surface area contributed by atoms with E-state index in [1.54, 1.807) is 0 Å². The minimum atomic E-state index is -0.192. The minimum absolute atomic E-state index is 0.192. The van der Waals surface area contributed by atoms with Gasteiger partial charge in [0.05, 0.1) is 18.8 Å². The molecule has 3 heteroatoms. The Morgan fingerprint density at radius 3 is 2.37 bits per heavy atom. The Hall–Kier alpha value is -0.120. The summed E-state index contributed by atoms with van der Waals surface area (Å²) in [5.41, 5.74) is -0.192. The summed E-state index contributed by atoms with van der Waals surface area (Å²) in [7, 11) is 0. The quantitative estimate of drug-likeness (QED) is 0.712. The lowest BCUT2D eigenvalue weighted by Crippen LogP contribution is -2.56. The largest absolute Gasteiger partial charge is 0.394 e. The van der Waals surface area contributed by atoms with Gasteiger partial charge in [0.15, 0.2) is 0 Å². The SMILES string of the molecule is CC(C)NC(CO)(COCC1CCCCC1)C1CC1. The van der Waals surface area contributed by atoms with Gasteiger partial charge in [-0.25, -0.2) is 0 Å². The average molecular weight is 269 g/mol. The van der Waals surface area contributed by atoms with Crippen LogP contribution in [0.15, 0.2) is 0 Å². The van der Waals surface area contributed by atoms with Gasteiger partial charge in [0.2, 0.25) is 0 Å². The Kier molecular flexibility index (Phi) is 5.67. The van der Waals surface area contributed by atoms with Crippen LogP contribution in [0.5, 0.6) is 0 Å². The topological polar surface area (TPSA) is 41.5 Å². The number of hydrogen-bond acceptors (Lipinski definition) is 3. The normalized spacial score (nSPS) is 24.6. The van der Waals surface area contributed by atoms with E-state index in [4.69, 9.17) is 4.74 Å². The van der Waals surface area contributed by atoms with Crippen molar-refractivity contribution in [1.29, 1.82) is 0 Å². The van der Waals surface area contributed by atoms with Crippen LogP contribution in [-0.4, -0.2) is 36.5 Å². The Morgan fingerprint density at radius 2 is 1.84 bits per heavy atom. The van der Waals surface area contributed by atoms with Gasteiger partial charge in [-0.1, -0.05) is 33.1 Å². The first kappa shape index (κ1) is 15.3. The van der Waals surface area contributed by atoms with Crippen molar-refractivity contribution >= 4 is 0 Å². The lowest BCUT2D eigenvalue weighted by molar-refractivity contribution is 0.00139. The van der Waals surface area contributed by atoms with Crippen molar-refractivity contribution < 1.29 is 9.84 Å². The highest BCUT2D eigenvalue weighted by atomic mass is 16.5. The highest BCUT2D eigenvalue weighted by Crippen LogP contribution is 2.40. The molecule has 2 fully saturated rings. The van der Waals surface area contributed by atoms with E-state index >= 15 is 0 Å². The van der Waals surface area contributed by atoms with Gasteiger partial charge in [0.25, 0.3) is 0 Å². The molecule has 0 saturated heterocycles. The summed E-state index contributed by atoms with van der Waals surface area (Å²) in [6.45, 7) is 6.04. The van der Waals surface area contributed by atoms with Gasteiger partial charge < -0.3 is 15.2 Å². The van der Waals surface area contributed by atoms with Gasteiger partial charge >= 0.3 is 0 Å². The average Bonchev–Trinajstić information content (AvgIpc) is 3.23. The summed E-state index contributed by atoms with van der Waals surface area (Å²) in [5.74, 6) is 1.36. The Bertz CT molecular complexity index is 259. The van der Waals surface area contributed by atoms with Gasteiger partial charge in [-0.05, 0) is 37.5 Å². The molecule has 0 aromatic heterocycles. The van der Waals surface area contributed by atoms with E-state index in [1.165, 1.54) is 44.9 Å². The Balaban J connectivity index is 1.78. The molecule has 0 aromatic carbocycles. The van der Waals surface area contributed by atoms with Crippen molar-refractivity contribution in [2.24, 2.45) is 11.8 Å². The molecule has 0 spiro atoms. The fraction of sp³-hybridized carbons (Fsp3) is 1.00. The third-order valence-electron chi connectivity index (χ3n) is 4.66. The molecule has 0 amide bonds. The van der Waals surface area contributed by atoms with Gasteiger partial charge in [0, 0.05) is 12.6 Å². The summed E-state index contributed by atoms with van der Waals surface area (Å²) in [4.78, 5) is 0. The van der Waals surface area contributed by atoms with E-state index in [0.29, 0.717) is 18.6 Å². The second-order valence-corrected chi connectivity index (χ2v) is 6.91. The maximum atomic E-state index is 9.83. The summed E-state index contributed by atoms with van der Waals surface area (Å²) < 4.78 is 6.01.